The van der Waals surface area contributed by atoms with Crippen LogP contribution >= 0.6 is 0 Å². The van der Waals surface area contributed by atoms with Crippen LogP contribution in [0.1, 0.15) is 31.7 Å². The van der Waals surface area contributed by atoms with Gasteiger partial charge in [-0.25, -0.2) is 13.6 Å². The molecule has 0 fully saturated rings. The van der Waals surface area contributed by atoms with E-state index in [-0.39, 0.29) is 18.5 Å². The fourth-order valence-corrected chi connectivity index (χ4v) is 1.86. The number of carboxylic acid groups (broad SMARTS) is 1. The van der Waals surface area contributed by atoms with Gasteiger partial charge >= 0.3 is 12.0 Å². The number of hydrogen-bond donors (Lipinski definition) is 3. The number of halogens is 2. The molecule has 0 saturated heterocycles. The van der Waals surface area contributed by atoms with Crippen LogP contribution < -0.4 is 10.6 Å². The van der Waals surface area contributed by atoms with Gasteiger partial charge in [0.25, 0.3) is 0 Å². The topological polar surface area (TPSA) is 78.4 Å². The normalized spacial score (nSPS) is 11.8. The molecule has 0 saturated carbocycles. The molecule has 0 spiro atoms. The molecule has 0 aliphatic carbocycles. The van der Waals surface area contributed by atoms with Crippen molar-refractivity contribution in [1.82, 2.24) is 10.6 Å². The summed E-state index contributed by atoms with van der Waals surface area (Å²) in [5.41, 5.74) is 0.150. The first kappa shape index (κ1) is 16.9. The summed E-state index contributed by atoms with van der Waals surface area (Å²) in [4.78, 5) is 22.3. The summed E-state index contributed by atoms with van der Waals surface area (Å²) in [5.74, 6) is -2.44. The molecule has 1 rings (SSSR count). The van der Waals surface area contributed by atoms with Crippen molar-refractivity contribution < 1.29 is 23.5 Å². The third-order valence-electron chi connectivity index (χ3n) is 2.85. The first-order valence-corrected chi connectivity index (χ1v) is 6.62. The monoisotopic (exact) mass is 300 g/mol. The van der Waals surface area contributed by atoms with Crippen LogP contribution in [0.15, 0.2) is 18.2 Å². The van der Waals surface area contributed by atoms with Crippen LogP contribution in [0.25, 0.3) is 0 Å². The Hall–Kier alpha value is -2.18. The number of carboxylic acids is 1. The van der Waals surface area contributed by atoms with Crippen molar-refractivity contribution in [3.63, 3.8) is 0 Å². The van der Waals surface area contributed by atoms with E-state index in [1.807, 2.05) is 6.92 Å². The molecule has 0 bridgehead atoms. The fraction of sp³-hybridized carbons (Fsp3) is 0.429. The molecular weight excluding hydrogens is 282 g/mol. The second kappa shape index (κ2) is 8.18. The van der Waals surface area contributed by atoms with Gasteiger partial charge in [0, 0.05) is 24.2 Å². The lowest BCUT2D eigenvalue weighted by atomic mass is 10.1. The lowest BCUT2D eigenvalue weighted by molar-refractivity contribution is -0.137. The van der Waals surface area contributed by atoms with Crippen molar-refractivity contribution in [3.8, 4) is 0 Å². The summed E-state index contributed by atoms with van der Waals surface area (Å²) in [7, 11) is 0. The highest BCUT2D eigenvalue weighted by Crippen LogP contribution is 2.09. The Labute approximate surface area is 121 Å². The zero-order chi connectivity index (χ0) is 15.8. The van der Waals surface area contributed by atoms with Crippen molar-refractivity contribution in [2.24, 2.45) is 0 Å². The first-order valence-electron chi connectivity index (χ1n) is 6.62. The Morgan fingerprint density at radius 1 is 1.33 bits per heavy atom. The summed E-state index contributed by atoms with van der Waals surface area (Å²) < 4.78 is 26.1. The van der Waals surface area contributed by atoms with E-state index in [0.29, 0.717) is 6.42 Å². The predicted molar refractivity (Wildman–Crippen MR) is 72.7 cm³/mol. The van der Waals surface area contributed by atoms with Crippen LogP contribution in [0, 0.1) is 11.6 Å². The zero-order valence-corrected chi connectivity index (χ0v) is 11.7. The van der Waals surface area contributed by atoms with Crippen LogP contribution in [-0.2, 0) is 11.3 Å². The largest absolute Gasteiger partial charge is 0.481 e. The minimum absolute atomic E-state index is 0.107. The van der Waals surface area contributed by atoms with Gasteiger partial charge in [-0.1, -0.05) is 19.4 Å². The smallest absolute Gasteiger partial charge is 0.315 e. The molecule has 1 unspecified atom stereocenters. The van der Waals surface area contributed by atoms with E-state index in [1.165, 1.54) is 6.07 Å². The van der Waals surface area contributed by atoms with Crippen LogP contribution in [0.4, 0.5) is 13.6 Å². The minimum Gasteiger partial charge on any atom is -0.481 e. The van der Waals surface area contributed by atoms with Crippen molar-refractivity contribution in [1.29, 1.82) is 0 Å². The average Bonchev–Trinajstić information content (AvgIpc) is 2.37. The molecule has 2 amide bonds. The van der Waals surface area contributed by atoms with Crippen LogP contribution in [0.5, 0.6) is 0 Å². The van der Waals surface area contributed by atoms with Crippen LogP contribution in [0.2, 0.25) is 0 Å². The summed E-state index contributed by atoms with van der Waals surface area (Å²) in [6.07, 6.45) is 1.08. The number of amides is 2. The van der Waals surface area contributed by atoms with Crippen molar-refractivity contribution in [2.75, 3.05) is 0 Å². The molecule has 0 aliphatic rings. The standard InChI is InChI=1S/C14H18F2N2O3/c1-2-3-11(7-13(19)20)18-14(21)17-8-9-4-5-10(15)6-12(9)16/h4-6,11H,2-3,7-8H2,1H3,(H,19,20)(H2,17,18,21). The molecule has 5 nitrogen and oxygen atoms in total. The van der Waals surface area contributed by atoms with Gasteiger partial charge in [-0.05, 0) is 12.5 Å². The fourth-order valence-electron chi connectivity index (χ4n) is 1.86. The Balaban J connectivity index is 2.50. The number of benzene rings is 1. The number of carbonyl (C=O) groups excluding carboxylic acids is 1. The van der Waals surface area contributed by atoms with E-state index >= 15 is 0 Å². The SMILES string of the molecule is CCCC(CC(=O)O)NC(=O)NCc1ccc(F)cc1F. The van der Waals surface area contributed by atoms with Gasteiger partial charge < -0.3 is 15.7 Å². The molecule has 0 heterocycles. The summed E-state index contributed by atoms with van der Waals surface area (Å²) in [5, 5.41) is 13.7. The molecule has 0 aliphatic heterocycles. The third-order valence-corrected chi connectivity index (χ3v) is 2.85. The quantitative estimate of drug-likeness (QED) is 0.723. The maximum absolute atomic E-state index is 13.4. The average molecular weight is 300 g/mol. The van der Waals surface area contributed by atoms with Crippen molar-refractivity contribution >= 4 is 12.0 Å². The lowest BCUT2D eigenvalue weighted by Gasteiger charge is -2.16. The molecule has 1 aromatic carbocycles. The molecule has 116 valence electrons. The predicted octanol–water partition coefficient (Wildman–Crippen LogP) is 2.41. The first-order chi connectivity index (χ1) is 9.92. The van der Waals surface area contributed by atoms with E-state index in [4.69, 9.17) is 5.11 Å². The molecule has 1 aromatic rings. The van der Waals surface area contributed by atoms with E-state index in [1.54, 1.807) is 0 Å². The molecule has 0 radical (unpaired) electrons. The molecular formula is C14H18F2N2O3. The Kier molecular flexibility index (Phi) is 6.58. The second-order valence-electron chi connectivity index (χ2n) is 4.65. The summed E-state index contributed by atoms with van der Waals surface area (Å²) in [6.45, 7) is 1.77. The number of nitrogens with one attached hydrogen (secondary N) is 2. The summed E-state index contributed by atoms with van der Waals surface area (Å²) >= 11 is 0. The molecule has 7 heteroatoms. The Morgan fingerprint density at radius 3 is 2.62 bits per heavy atom. The Bertz CT molecular complexity index is 509. The maximum Gasteiger partial charge on any atom is 0.315 e. The van der Waals surface area contributed by atoms with E-state index in [2.05, 4.69) is 10.6 Å². The number of aliphatic carboxylic acids is 1. The van der Waals surface area contributed by atoms with Gasteiger partial charge in [0.1, 0.15) is 11.6 Å². The van der Waals surface area contributed by atoms with Crippen LogP contribution in [-0.4, -0.2) is 23.1 Å². The lowest BCUT2D eigenvalue weighted by Crippen LogP contribution is -2.42. The van der Waals surface area contributed by atoms with Gasteiger partial charge in [-0.2, -0.15) is 0 Å². The maximum atomic E-state index is 13.4. The van der Waals surface area contributed by atoms with Gasteiger partial charge in [-0.3, -0.25) is 4.79 Å². The van der Waals surface area contributed by atoms with Gasteiger partial charge in [0.05, 0.1) is 6.42 Å². The van der Waals surface area contributed by atoms with E-state index < -0.39 is 29.7 Å². The number of rotatable bonds is 7. The van der Waals surface area contributed by atoms with Crippen molar-refractivity contribution in [3.05, 3.63) is 35.4 Å². The second-order valence-corrected chi connectivity index (χ2v) is 4.65. The Morgan fingerprint density at radius 2 is 2.05 bits per heavy atom. The molecule has 21 heavy (non-hydrogen) atoms. The molecule has 1 atom stereocenters. The highest BCUT2D eigenvalue weighted by atomic mass is 19.1. The zero-order valence-electron chi connectivity index (χ0n) is 11.7. The minimum atomic E-state index is -1.00. The van der Waals surface area contributed by atoms with Gasteiger partial charge in [-0.15, -0.1) is 0 Å². The van der Waals surface area contributed by atoms with Crippen LogP contribution in [0.3, 0.4) is 0 Å². The highest BCUT2D eigenvalue weighted by Gasteiger charge is 2.15. The van der Waals surface area contributed by atoms with Crippen molar-refractivity contribution in [2.45, 2.75) is 38.8 Å². The number of hydrogen-bond acceptors (Lipinski definition) is 2. The number of urea groups is 1. The van der Waals surface area contributed by atoms with Gasteiger partial charge in [0.2, 0.25) is 0 Å². The van der Waals surface area contributed by atoms with E-state index in [9.17, 15) is 18.4 Å². The highest BCUT2D eigenvalue weighted by molar-refractivity contribution is 5.75. The number of carbonyl (C=O) groups is 2. The third kappa shape index (κ3) is 6.20. The van der Waals surface area contributed by atoms with Gasteiger partial charge in [0.15, 0.2) is 0 Å². The summed E-state index contributed by atoms with van der Waals surface area (Å²) in [6, 6.07) is 2.01. The molecule has 0 aromatic heterocycles. The van der Waals surface area contributed by atoms with E-state index in [0.717, 1.165) is 18.6 Å². The molecule has 3 N–H and O–H groups in total.